The first-order valence-corrected chi connectivity index (χ1v) is 7.06. The summed E-state index contributed by atoms with van der Waals surface area (Å²) in [4.78, 5) is 23.1. The van der Waals surface area contributed by atoms with E-state index in [9.17, 15) is 9.59 Å². The molecule has 0 spiro atoms. The van der Waals surface area contributed by atoms with Crippen molar-refractivity contribution in [3.63, 3.8) is 0 Å². The number of hydrogen-bond donors (Lipinski definition) is 3. The van der Waals surface area contributed by atoms with E-state index < -0.39 is 11.9 Å². The van der Waals surface area contributed by atoms with Gasteiger partial charge in [0.1, 0.15) is 6.04 Å². The van der Waals surface area contributed by atoms with Gasteiger partial charge in [-0.05, 0) is 55.5 Å². The molecule has 0 unspecified atom stereocenters. The summed E-state index contributed by atoms with van der Waals surface area (Å²) in [7, 11) is 0. The third kappa shape index (κ3) is 4.23. The number of nitrogens with two attached hydrogens (primary N) is 1. The van der Waals surface area contributed by atoms with Crippen molar-refractivity contribution in [2.24, 2.45) is 5.73 Å². The monoisotopic (exact) mass is 317 g/mol. The van der Waals surface area contributed by atoms with Crippen molar-refractivity contribution in [2.75, 3.05) is 10.6 Å². The fraction of sp³-hybridized carbons (Fsp3) is 0.125. The van der Waals surface area contributed by atoms with Crippen molar-refractivity contribution in [3.8, 4) is 0 Å². The number of carbonyl (C=O) groups is 2. The maximum atomic E-state index is 12.1. The molecule has 0 radical (unpaired) electrons. The van der Waals surface area contributed by atoms with Gasteiger partial charge in [-0.15, -0.1) is 0 Å². The van der Waals surface area contributed by atoms with Gasteiger partial charge in [0, 0.05) is 22.0 Å². The number of nitrogens with one attached hydrogen (secondary N) is 2. The Kier molecular flexibility index (Phi) is 5.01. The largest absolute Gasteiger partial charge is 0.374 e. The fourth-order valence-electron chi connectivity index (χ4n) is 1.83. The number of halogens is 1. The summed E-state index contributed by atoms with van der Waals surface area (Å²) in [6, 6.07) is 13.1. The Labute approximate surface area is 133 Å². The Morgan fingerprint density at radius 3 is 2.09 bits per heavy atom. The highest BCUT2D eigenvalue weighted by Crippen LogP contribution is 2.15. The molecule has 0 aromatic heterocycles. The second-order valence-corrected chi connectivity index (χ2v) is 5.24. The molecule has 0 saturated heterocycles. The Morgan fingerprint density at radius 2 is 1.55 bits per heavy atom. The van der Waals surface area contributed by atoms with Crippen molar-refractivity contribution < 1.29 is 9.59 Å². The van der Waals surface area contributed by atoms with Gasteiger partial charge in [0.25, 0.3) is 0 Å². The fourth-order valence-corrected chi connectivity index (χ4v) is 1.96. The number of carbonyl (C=O) groups excluding carboxylic acids is 2. The van der Waals surface area contributed by atoms with Gasteiger partial charge in [-0.2, -0.15) is 0 Å². The van der Waals surface area contributed by atoms with E-state index in [1.807, 2.05) is 0 Å². The third-order valence-corrected chi connectivity index (χ3v) is 3.31. The van der Waals surface area contributed by atoms with E-state index >= 15 is 0 Å². The highest BCUT2D eigenvalue weighted by Gasteiger charge is 2.13. The van der Waals surface area contributed by atoms with Crippen LogP contribution in [0.2, 0.25) is 5.02 Å². The van der Waals surface area contributed by atoms with Gasteiger partial charge in [-0.25, -0.2) is 0 Å². The lowest BCUT2D eigenvalue weighted by Gasteiger charge is -2.15. The Morgan fingerprint density at radius 1 is 1.00 bits per heavy atom. The van der Waals surface area contributed by atoms with Crippen LogP contribution in [0.1, 0.15) is 17.3 Å². The summed E-state index contributed by atoms with van der Waals surface area (Å²) in [5.41, 5.74) is 6.96. The predicted octanol–water partition coefficient (Wildman–Crippen LogP) is 2.88. The maximum Gasteiger partial charge on any atom is 0.248 e. The van der Waals surface area contributed by atoms with Gasteiger partial charge in [0.05, 0.1) is 0 Å². The van der Waals surface area contributed by atoms with E-state index in [1.165, 1.54) is 0 Å². The molecule has 0 saturated carbocycles. The lowest BCUT2D eigenvalue weighted by molar-refractivity contribution is -0.116. The van der Waals surface area contributed by atoms with E-state index in [0.29, 0.717) is 16.3 Å². The topological polar surface area (TPSA) is 84.2 Å². The molecular formula is C16H16ClN3O2. The SMILES string of the molecule is C[C@@H](Nc1ccc(Cl)cc1)C(=O)Nc1ccc(C(N)=O)cc1. The van der Waals surface area contributed by atoms with Gasteiger partial charge < -0.3 is 16.4 Å². The number of rotatable bonds is 5. The number of amides is 2. The molecule has 2 rings (SSSR count). The number of primary amides is 1. The van der Waals surface area contributed by atoms with Crippen LogP contribution in [0.15, 0.2) is 48.5 Å². The smallest absolute Gasteiger partial charge is 0.248 e. The second-order valence-electron chi connectivity index (χ2n) is 4.80. The molecule has 5 nitrogen and oxygen atoms in total. The van der Waals surface area contributed by atoms with Gasteiger partial charge in [-0.1, -0.05) is 11.6 Å². The lowest BCUT2D eigenvalue weighted by atomic mass is 10.2. The molecule has 2 aromatic rings. The van der Waals surface area contributed by atoms with E-state index in [1.54, 1.807) is 55.5 Å². The molecule has 0 bridgehead atoms. The molecule has 0 fully saturated rings. The highest BCUT2D eigenvalue weighted by molar-refractivity contribution is 6.30. The molecule has 6 heteroatoms. The van der Waals surface area contributed by atoms with Crippen LogP contribution in [-0.2, 0) is 4.79 Å². The summed E-state index contributed by atoms with van der Waals surface area (Å²) >= 11 is 5.81. The zero-order chi connectivity index (χ0) is 16.1. The van der Waals surface area contributed by atoms with E-state index in [-0.39, 0.29) is 5.91 Å². The highest BCUT2D eigenvalue weighted by atomic mass is 35.5. The molecule has 4 N–H and O–H groups in total. The predicted molar refractivity (Wildman–Crippen MR) is 88.1 cm³/mol. The number of hydrogen-bond acceptors (Lipinski definition) is 3. The maximum absolute atomic E-state index is 12.1. The summed E-state index contributed by atoms with van der Waals surface area (Å²) in [6.45, 7) is 1.75. The van der Waals surface area contributed by atoms with Crippen LogP contribution in [0.25, 0.3) is 0 Å². The Balaban J connectivity index is 1.95. The average molecular weight is 318 g/mol. The normalized spacial score (nSPS) is 11.5. The molecule has 0 aliphatic carbocycles. The van der Waals surface area contributed by atoms with Crippen molar-refractivity contribution >= 4 is 34.8 Å². The van der Waals surface area contributed by atoms with Crippen LogP contribution < -0.4 is 16.4 Å². The van der Waals surface area contributed by atoms with E-state index in [0.717, 1.165) is 5.69 Å². The minimum absolute atomic E-state index is 0.193. The molecule has 0 aliphatic heterocycles. The first-order valence-electron chi connectivity index (χ1n) is 6.68. The zero-order valence-corrected chi connectivity index (χ0v) is 12.7. The number of benzene rings is 2. The molecule has 114 valence electrons. The molecule has 0 heterocycles. The first kappa shape index (κ1) is 15.9. The van der Waals surface area contributed by atoms with Gasteiger partial charge in [-0.3, -0.25) is 9.59 Å². The van der Waals surface area contributed by atoms with E-state index in [2.05, 4.69) is 10.6 Å². The average Bonchev–Trinajstić information content (AvgIpc) is 2.50. The van der Waals surface area contributed by atoms with Gasteiger partial charge in [0.15, 0.2) is 0 Å². The summed E-state index contributed by atoms with van der Waals surface area (Å²) < 4.78 is 0. The summed E-state index contributed by atoms with van der Waals surface area (Å²) in [5, 5.41) is 6.47. The van der Waals surface area contributed by atoms with E-state index in [4.69, 9.17) is 17.3 Å². The molecule has 1 atom stereocenters. The molecule has 0 aliphatic rings. The standard InChI is InChI=1S/C16H16ClN3O2/c1-10(19-13-8-4-12(17)5-9-13)16(22)20-14-6-2-11(3-7-14)15(18)21/h2-10,19H,1H3,(H2,18,21)(H,20,22)/t10-/m1/s1. The van der Waals surface area contributed by atoms with Crippen LogP contribution >= 0.6 is 11.6 Å². The van der Waals surface area contributed by atoms with Crippen molar-refractivity contribution in [2.45, 2.75) is 13.0 Å². The minimum atomic E-state index is -0.504. The Bertz CT molecular complexity index is 669. The summed E-state index contributed by atoms with van der Waals surface area (Å²) in [6.07, 6.45) is 0. The first-order chi connectivity index (χ1) is 10.5. The van der Waals surface area contributed by atoms with Crippen LogP contribution in [0.5, 0.6) is 0 Å². The van der Waals surface area contributed by atoms with Gasteiger partial charge >= 0.3 is 0 Å². The third-order valence-electron chi connectivity index (χ3n) is 3.06. The van der Waals surface area contributed by atoms with Crippen molar-refractivity contribution in [1.29, 1.82) is 0 Å². The molecular weight excluding hydrogens is 302 g/mol. The van der Waals surface area contributed by atoms with Crippen molar-refractivity contribution in [1.82, 2.24) is 0 Å². The van der Waals surface area contributed by atoms with Crippen molar-refractivity contribution in [3.05, 3.63) is 59.1 Å². The van der Waals surface area contributed by atoms with Gasteiger partial charge in [0.2, 0.25) is 11.8 Å². The molecule has 2 amide bonds. The molecule has 22 heavy (non-hydrogen) atoms. The Hall–Kier alpha value is -2.53. The second kappa shape index (κ2) is 6.95. The zero-order valence-electron chi connectivity index (χ0n) is 12.0. The van der Waals surface area contributed by atoms with Crippen LogP contribution in [-0.4, -0.2) is 17.9 Å². The van der Waals surface area contributed by atoms with Crippen LogP contribution in [0.3, 0.4) is 0 Å². The summed E-state index contributed by atoms with van der Waals surface area (Å²) in [5.74, 6) is -0.697. The number of anilines is 2. The molecule has 2 aromatic carbocycles. The lowest BCUT2D eigenvalue weighted by Crippen LogP contribution is -2.31. The van der Waals surface area contributed by atoms with Crippen LogP contribution in [0.4, 0.5) is 11.4 Å². The quantitative estimate of drug-likeness (QED) is 0.792. The van der Waals surface area contributed by atoms with Crippen LogP contribution in [0, 0.1) is 0 Å². The minimum Gasteiger partial charge on any atom is -0.374 e.